The molecule has 0 fully saturated rings. The standard InChI is InChI=1S/C12H24N6/c1-7-9(2)8-18(6)12-15-10(13-3)14-11(16-12)17(4)5/h9H,7-8H2,1-6H3,(H,13,14,15,16). The molecule has 0 radical (unpaired) electrons. The molecule has 1 aromatic heterocycles. The largest absolute Gasteiger partial charge is 0.357 e. The molecule has 1 aromatic rings. The van der Waals surface area contributed by atoms with Gasteiger partial charge in [0.2, 0.25) is 17.8 Å². The van der Waals surface area contributed by atoms with Crippen molar-refractivity contribution in [1.82, 2.24) is 15.0 Å². The Labute approximate surface area is 109 Å². The van der Waals surface area contributed by atoms with Crippen molar-refractivity contribution in [2.45, 2.75) is 20.3 Å². The van der Waals surface area contributed by atoms with Gasteiger partial charge in [0.05, 0.1) is 0 Å². The number of rotatable bonds is 6. The molecule has 0 aromatic carbocycles. The quantitative estimate of drug-likeness (QED) is 0.827. The number of anilines is 3. The SMILES string of the molecule is CCC(C)CN(C)c1nc(NC)nc(N(C)C)n1. The van der Waals surface area contributed by atoms with Crippen molar-refractivity contribution in [3.05, 3.63) is 0 Å². The maximum atomic E-state index is 4.46. The number of aromatic nitrogens is 3. The molecule has 1 unspecified atom stereocenters. The first-order chi connectivity index (χ1) is 8.47. The third-order valence-corrected chi connectivity index (χ3v) is 2.86. The molecule has 6 nitrogen and oxygen atoms in total. The summed E-state index contributed by atoms with van der Waals surface area (Å²) in [5.74, 6) is 2.59. The molecule has 0 spiro atoms. The Bertz CT molecular complexity index is 379. The Morgan fingerprint density at radius 1 is 1.11 bits per heavy atom. The van der Waals surface area contributed by atoms with Crippen LogP contribution in [0.25, 0.3) is 0 Å². The van der Waals surface area contributed by atoms with Gasteiger partial charge in [0.1, 0.15) is 0 Å². The topological polar surface area (TPSA) is 57.2 Å². The van der Waals surface area contributed by atoms with Crippen LogP contribution in [0.3, 0.4) is 0 Å². The van der Waals surface area contributed by atoms with Crippen LogP contribution in [0.1, 0.15) is 20.3 Å². The van der Waals surface area contributed by atoms with Crippen molar-refractivity contribution >= 4 is 17.8 Å². The lowest BCUT2D eigenvalue weighted by molar-refractivity contribution is 0.555. The second-order valence-corrected chi connectivity index (χ2v) is 4.80. The molecule has 0 aliphatic heterocycles. The summed E-state index contributed by atoms with van der Waals surface area (Å²) >= 11 is 0. The molecule has 0 saturated heterocycles. The van der Waals surface area contributed by atoms with Crippen molar-refractivity contribution in [3.63, 3.8) is 0 Å². The fourth-order valence-corrected chi connectivity index (χ4v) is 1.51. The number of nitrogens with zero attached hydrogens (tertiary/aromatic N) is 5. The highest BCUT2D eigenvalue weighted by Crippen LogP contribution is 2.15. The van der Waals surface area contributed by atoms with E-state index in [-0.39, 0.29) is 0 Å². The van der Waals surface area contributed by atoms with Crippen LogP contribution in [0.15, 0.2) is 0 Å². The van der Waals surface area contributed by atoms with Crippen LogP contribution in [0, 0.1) is 5.92 Å². The molecule has 6 heteroatoms. The van der Waals surface area contributed by atoms with Gasteiger partial charge in [-0.3, -0.25) is 0 Å². The van der Waals surface area contributed by atoms with Crippen LogP contribution in [0.4, 0.5) is 17.8 Å². The molecule has 102 valence electrons. The van der Waals surface area contributed by atoms with Crippen LogP contribution in [-0.4, -0.2) is 49.7 Å². The molecule has 1 rings (SSSR count). The first-order valence-corrected chi connectivity index (χ1v) is 6.30. The summed E-state index contributed by atoms with van der Waals surface area (Å²) in [5.41, 5.74) is 0. The van der Waals surface area contributed by atoms with Crippen molar-refractivity contribution < 1.29 is 0 Å². The second-order valence-electron chi connectivity index (χ2n) is 4.80. The van der Waals surface area contributed by atoms with Crippen LogP contribution in [0.5, 0.6) is 0 Å². The minimum Gasteiger partial charge on any atom is -0.357 e. The van der Waals surface area contributed by atoms with E-state index in [4.69, 9.17) is 0 Å². The van der Waals surface area contributed by atoms with Crippen molar-refractivity contribution in [3.8, 4) is 0 Å². The first-order valence-electron chi connectivity index (χ1n) is 6.30. The van der Waals surface area contributed by atoms with Crippen LogP contribution < -0.4 is 15.1 Å². The van der Waals surface area contributed by atoms with Crippen LogP contribution in [-0.2, 0) is 0 Å². The minimum atomic E-state index is 0.597. The molecular weight excluding hydrogens is 228 g/mol. The zero-order valence-electron chi connectivity index (χ0n) is 12.2. The fraction of sp³-hybridized carbons (Fsp3) is 0.750. The summed E-state index contributed by atoms with van der Waals surface area (Å²) in [7, 11) is 7.67. The minimum absolute atomic E-state index is 0.597. The fourth-order valence-electron chi connectivity index (χ4n) is 1.51. The van der Waals surface area contributed by atoms with E-state index in [0.717, 1.165) is 13.0 Å². The van der Waals surface area contributed by atoms with Crippen LogP contribution >= 0.6 is 0 Å². The molecule has 1 heterocycles. The molecule has 0 amide bonds. The molecule has 18 heavy (non-hydrogen) atoms. The lowest BCUT2D eigenvalue weighted by Gasteiger charge is -2.22. The highest BCUT2D eigenvalue weighted by atomic mass is 15.3. The highest BCUT2D eigenvalue weighted by Gasteiger charge is 2.12. The Morgan fingerprint density at radius 2 is 1.72 bits per heavy atom. The Hall–Kier alpha value is -1.59. The van der Waals surface area contributed by atoms with Crippen LogP contribution in [0.2, 0.25) is 0 Å². The number of nitrogens with one attached hydrogen (secondary N) is 1. The predicted octanol–water partition coefficient (Wildman–Crippen LogP) is 1.46. The molecule has 0 bridgehead atoms. The van der Waals surface area contributed by atoms with E-state index in [2.05, 4.69) is 39.0 Å². The van der Waals surface area contributed by atoms with E-state index in [9.17, 15) is 0 Å². The van der Waals surface area contributed by atoms with Gasteiger partial charge in [0.15, 0.2) is 0 Å². The molecule has 1 N–H and O–H groups in total. The number of hydrogen-bond donors (Lipinski definition) is 1. The molecular formula is C12H24N6. The van der Waals surface area contributed by atoms with E-state index in [1.54, 1.807) is 0 Å². The third-order valence-electron chi connectivity index (χ3n) is 2.86. The van der Waals surface area contributed by atoms with Crippen molar-refractivity contribution in [2.75, 3.05) is 49.9 Å². The Balaban J connectivity index is 2.96. The zero-order chi connectivity index (χ0) is 13.7. The summed E-state index contributed by atoms with van der Waals surface area (Å²) in [4.78, 5) is 17.1. The van der Waals surface area contributed by atoms with E-state index < -0.39 is 0 Å². The Morgan fingerprint density at radius 3 is 2.22 bits per heavy atom. The summed E-state index contributed by atoms with van der Waals surface area (Å²) in [6, 6.07) is 0. The van der Waals surface area contributed by atoms with Gasteiger partial charge in [0.25, 0.3) is 0 Å². The van der Waals surface area contributed by atoms with Crippen molar-refractivity contribution in [1.29, 1.82) is 0 Å². The van der Waals surface area contributed by atoms with Gasteiger partial charge in [-0.15, -0.1) is 0 Å². The van der Waals surface area contributed by atoms with E-state index >= 15 is 0 Å². The molecule has 1 atom stereocenters. The molecule has 0 aliphatic rings. The summed E-state index contributed by atoms with van der Waals surface area (Å²) in [6.45, 7) is 5.36. The monoisotopic (exact) mass is 252 g/mol. The normalized spacial score (nSPS) is 12.1. The van der Waals surface area contributed by atoms with E-state index in [1.807, 2.05) is 33.1 Å². The lowest BCUT2D eigenvalue weighted by Crippen LogP contribution is -2.27. The van der Waals surface area contributed by atoms with Gasteiger partial charge in [-0.25, -0.2) is 0 Å². The van der Waals surface area contributed by atoms with Gasteiger partial charge >= 0.3 is 0 Å². The predicted molar refractivity (Wildman–Crippen MR) is 76.4 cm³/mol. The van der Waals surface area contributed by atoms with Gasteiger partial charge in [-0.05, 0) is 5.92 Å². The van der Waals surface area contributed by atoms with Gasteiger partial charge in [0, 0.05) is 34.7 Å². The lowest BCUT2D eigenvalue weighted by atomic mass is 10.1. The second kappa shape index (κ2) is 6.37. The molecule has 0 aliphatic carbocycles. The third kappa shape index (κ3) is 3.72. The summed E-state index contributed by atoms with van der Waals surface area (Å²) in [5, 5.41) is 2.97. The average Bonchev–Trinajstić information content (AvgIpc) is 2.37. The smallest absolute Gasteiger partial charge is 0.231 e. The van der Waals surface area contributed by atoms with Gasteiger partial charge < -0.3 is 15.1 Å². The maximum absolute atomic E-state index is 4.46. The highest BCUT2D eigenvalue weighted by molar-refractivity contribution is 5.43. The summed E-state index contributed by atoms with van der Waals surface area (Å²) in [6.07, 6.45) is 1.15. The number of hydrogen-bond acceptors (Lipinski definition) is 6. The summed E-state index contributed by atoms with van der Waals surface area (Å²) < 4.78 is 0. The molecule has 0 saturated carbocycles. The van der Waals surface area contributed by atoms with Gasteiger partial charge in [-0.2, -0.15) is 15.0 Å². The first kappa shape index (κ1) is 14.5. The Kier molecular flexibility index (Phi) is 5.12. The van der Waals surface area contributed by atoms with Crippen molar-refractivity contribution in [2.24, 2.45) is 5.92 Å². The zero-order valence-corrected chi connectivity index (χ0v) is 12.2. The average molecular weight is 252 g/mol. The van der Waals surface area contributed by atoms with Gasteiger partial charge in [-0.1, -0.05) is 20.3 Å². The van der Waals surface area contributed by atoms with E-state index in [1.165, 1.54) is 0 Å². The van der Waals surface area contributed by atoms with E-state index in [0.29, 0.717) is 23.8 Å². The maximum Gasteiger partial charge on any atom is 0.231 e.